The zero-order valence-corrected chi connectivity index (χ0v) is 9.65. The van der Waals surface area contributed by atoms with E-state index in [9.17, 15) is 0 Å². The van der Waals surface area contributed by atoms with E-state index < -0.39 is 0 Å². The summed E-state index contributed by atoms with van der Waals surface area (Å²) in [7, 11) is 0. The van der Waals surface area contributed by atoms with E-state index in [1.807, 2.05) is 0 Å². The molecule has 1 N–H and O–H groups in total. The number of hydrogen-bond donors (Lipinski definition) is 1. The summed E-state index contributed by atoms with van der Waals surface area (Å²) in [5.74, 6) is 4.47. The molecule has 0 aromatic carbocycles. The first-order chi connectivity index (χ1) is 7.86. The van der Waals surface area contributed by atoms with Gasteiger partial charge in [-0.15, -0.1) is 16.7 Å². The lowest BCUT2D eigenvalue weighted by Gasteiger charge is -2.07. The van der Waals surface area contributed by atoms with Crippen LogP contribution in [0.15, 0.2) is 4.42 Å². The highest BCUT2D eigenvalue weighted by atomic mass is 35.5. The van der Waals surface area contributed by atoms with E-state index in [1.165, 1.54) is 19.3 Å². The number of rotatable bonds is 3. The molecule has 0 aliphatic heterocycles. The maximum atomic E-state index is 5.62. The molecular weight excluding hydrogens is 226 g/mol. The predicted molar refractivity (Wildman–Crippen MR) is 59.1 cm³/mol. The molecule has 4 atom stereocenters. The second-order valence-electron chi connectivity index (χ2n) is 5.29. The summed E-state index contributed by atoms with van der Waals surface area (Å²) in [5.41, 5.74) is 0. The number of nitrogens with one attached hydrogen (secondary N) is 1. The molecule has 16 heavy (non-hydrogen) atoms. The van der Waals surface area contributed by atoms with Crippen LogP contribution in [-0.2, 0) is 5.88 Å². The molecule has 0 saturated heterocycles. The van der Waals surface area contributed by atoms with Crippen molar-refractivity contribution in [3.8, 4) is 0 Å². The number of alkyl halides is 1. The predicted octanol–water partition coefficient (Wildman–Crippen LogP) is 2.26. The molecule has 0 amide bonds. The van der Waals surface area contributed by atoms with Crippen molar-refractivity contribution in [3.05, 3.63) is 5.89 Å². The van der Waals surface area contributed by atoms with Crippen LogP contribution in [0, 0.1) is 23.7 Å². The highest BCUT2D eigenvalue weighted by molar-refractivity contribution is 6.16. The fraction of sp³-hybridized carbons (Fsp3) is 0.818. The standard InChI is InChI=1S/C11H14ClN3O/c12-4-7-14-15-11(16-7)13-10-8-5-1-2-6(3-5)9(8)10/h5-6,8-10H,1-4H2,(H,13,15). The Bertz CT molecular complexity index is 405. The van der Waals surface area contributed by atoms with Gasteiger partial charge in [0.2, 0.25) is 5.89 Å². The van der Waals surface area contributed by atoms with Crippen molar-refractivity contribution in [1.82, 2.24) is 10.2 Å². The number of aromatic nitrogens is 2. The topological polar surface area (TPSA) is 51.0 Å². The monoisotopic (exact) mass is 239 g/mol. The van der Waals surface area contributed by atoms with Gasteiger partial charge >= 0.3 is 6.01 Å². The number of anilines is 1. The number of nitrogens with zero attached hydrogens (tertiary/aromatic N) is 2. The Labute approximate surface area is 98.8 Å². The number of hydrogen-bond acceptors (Lipinski definition) is 4. The molecule has 2 bridgehead atoms. The van der Waals surface area contributed by atoms with E-state index in [0.717, 1.165) is 23.7 Å². The van der Waals surface area contributed by atoms with E-state index in [-0.39, 0.29) is 5.88 Å². The van der Waals surface area contributed by atoms with Gasteiger partial charge in [0.05, 0.1) is 0 Å². The minimum atomic E-state index is 0.289. The smallest absolute Gasteiger partial charge is 0.315 e. The molecule has 4 rings (SSSR count). The Morgan fingerprint density at radius 2 is 2.00 bits per heavy atom. The van der Waals surface area contributed by atoms with Crippen LogP contribution >= 0.6 is 11.6 Å². The van der Waals surface area contributed by atoms with Crippen molar-refractivity contribution in [2.75, 3.05) is 5.32 Å². The van der Waals surface area contributed by atoms with Crippen LogP contribution in [-0.4, -0.2) is 16.2 Å². The summed E-state index contributed by atoms with van der Waals surface area (Å²) in [6, 6.07) is 1.14. The molecular formula is C11H14ClN3O. The van der Waals surface area contributed by atoms with Crippen molar-refractivity contribution >= 4 is 17.6 Å². The van der Waals surface area contributed by atoms with Gasteiger partial charge in [-0.25, -0.2) is 0 Å². The minimum Gasteiger partial charge on any atom is -0.407 e. The average molecular weight is 240 g/mol. The maximum Gasteiger partial charge on any atom is 0.315 e. The average Bonchev–Trinajstić information content (AvgIpc) is 2.75. The van der Waals surface area contributed by atoms with Gasteiger partial charge < -0.3 is 9.73 Å². The quantitative estimate of drug-likeness (QED) is 0.823. The van der Waals surface area contributed by atoms with Crippen LogP contribution < -0.4 is 5.32 Å². The van der Waals surface area contributed by atoms with Crippen molar-refractivity contribution in [2.24, 2.45) is 23.7 Å². The fourth-order valence-electron chi connectivity index (χ4n) is 4.03. The highest BCUT2D eigenvalue weighted by Gasteiger charge is 2.65. The van der Waals surface area contributed by atoms with Gasteiger partial charge in [-0.3, -0.25) is 0 Å². The minimum absolute atomic E-state index is 0.289. The van der Waals surface area contributed by atoms with Gasteiger partial charge in [0, 0.05) is 6.04 Å². The van der Waals surface area contributed by atoms with Crippen molar-refractivity contribution in [1.29, 1.82) is 0 Å². The van der Waals surface area contributed by atoms with Crippen molar-refractivity contribution in [3.63, 3.8) is 0 Å². The van der Waals surface area contributed by atoms with Crippen LogP contribution in [0.5, 0.6) is 0 Å². The molecule has 4 nitrogen and oxygen atoms in total. The van der Waals surface area contributed by atoms with Crippen molar-refractivity contribution < 1.29 is 4.42 Å². The number of fused-ring (bicyclic) bond motifs is 5. The third-order valence-corrected chi connectivity index (χ3v) is 4.84. The summed E-state index contributed by atoms with van der Waals surface area (Å²) in [6.07, 6.45) is 4.33. The molecule has 5 heteroatoms. The van der Waals surface area contributed by atoms with Gasteiger partial charge in [-0.2, -0.15) is 0 Å². The lowest BCUT2D eigenvalue weighted by Crippen LogP contribution is -2.12. The summed E-state index contributed by atoms with van der Waals surface area (Å²) >= 11 is 5.62. The largest absolute Gasteiger partial charge is 0.407 e. The maximum absolute atomic E-state index is 5.62. The molecule has 0 radical (unpaired) electrons. The number of halogens is 1. The fourth-order valence-corrected chi connectivity index (χ4v) is 4.13. The third kappa shape index (κ3) is 1.16. The molecule has 3 saturated carbocycles. The van der Waals surface area contributed by atoms with E-state index in [0.29, 0.717) is 17.9 Å². The summed E-state index contributed by atoms with van der Waals surface area (Å²) < 4.78 is 5.37. The Morgan fingerprint density at radius 3 is 2.62 bits per heavy atom. The van der Waals surface area contributed by atoms with Gasteiger partial charge in [0.1, 0.15) is 5.88 Å². The van der Waals surface area contributed by atoms with Crippen LogP contribution in [0.2, 0.25) is 0 Å². The van der Waals surface area contributed by atoms with Gasteiger partial charge in [-0.05, 0) is 42.9 Å². The molecule has 1 heterocycles. The molecule has 4 unspecified atom stereocenters. The lowest BCUT2D eigenvalue weighted by molar-refractivity contribution is 0.456. The van der Waals surface area contributed by atoms with Crippen LogP contribution in [0.3, 0.4) is 0 Å². The zero-order chi connectivity index (χ0) is 10.7. The molecule has 1 aromatic rings. The Hall–Kier alpha value is -0.770. The van der Waals surface area contributed by atoms with E-state index in [4.69, 9.17) is 16.0 Å². The SMILES string of the molecule is ClCc1nnc(NC2C3C4CCC(C4)C23)o1. The van der Waals surface area contributed by atoms with Crippen molar-refractivity contribution in [2.45, 2.75) is 31.2 Å². The Balaban J connectivity index is 1.46. The second-order valence-corrected chi connectivity index (χ2v) is 5.56. The second kappa shape index (κ2) is 3.13. The Morgan fingerprint density at radius 1 is 1.25 bits per heavy atom. The van der Waals surface area contributed by atoms with Gasteiger partial charge in [0.25, 0.3) is 0 Å². The van der Waals surface area contributed by atoms with E-state index in [1.54, 1.807) is 0 Å². The van der Waals surface area contributed by atoms with Crippen LogP contribution in [0.1, 0.15) is 25.2 Å². The van der Waals surface area contributed by atoms with Crippen LogP contribution in [0.25, 0.3) is 0 Å². The molecule has 3 aliphatic carbocycles. The Kier molecular flexibility index (Phi) is 1.81. The zero-order valence-electron chi connectivity index (χ0n) is 8.90. The first-order valence-electron chi connectivity index (χ1n) is 6.01. The normalized spacial score (nSPS) is 43.4. The van der Waals surface area contributed by atoms with Gasteiger partial charge in [-0.1, -0.05) is 5.10 Å². The summed E-state index contributed by atoms with van der Waals surface area (Å²) in [6.45, 7) is 0. The van der Waals surface area contributed by atoms with Gasteiger partial charge in [0.15, 0.2) is 0 Å². The molecule has 1 aromatic heterocycles. The molecule has 0 spiro atoms. The molecule has 86 valence electrons. The summed E-state index contributed by atoms with van der Waals surface area (Å²) in [5, 5.41) is 11.2. The van der Waals surface area contributed by atoms with E-state index >= 15 is 0 Å². The lowest BCUT2D eigenvalue weighted by atomic mass is 10.0. The highest BCUT2D eigenvalue weighted by Crippen LogP contribution is 2.66. The molecule has 3 aliphatic rings. The van der Waals surface area contributed by atoms with Crippen LogP contribution in [0.4, 0.5) is 6.01 Å². The summed E-state index contributed by atoms with van der Waals surface area (Å²) in [4.78, 5) is 0. The first-order valence-corrected chi connectivity index (χ1v) is 6.55. The molecule has 3 fully saturated rings. The van der Waals surface area contributed by atoms with E-state index in [2.05, 4.69) is 15.5 Å². The third-order valence-electron chi connectivity index (χ3n) is 4.61. The first kappa shape index (κ1) is 9.28.